The number of anilines is 1. The highest BCUT2D eigenvalue weighted by Gasteiger charge is 2.31. The highest BCUT2D eigenvalue weighted by Crippen LogP contribution is 2.43. The van der Waals surface area contributed by atoms with Gasteiger partial charge in [-0.05, 0) is 69.9 Å². The molecule has 7 heteroatoms. The van der Waals surface area contributed by atoms with Crippen LogP contribution in [0.3, 0.4) is 0 Å². The molecule has 0 fully saturated rings. The minimum atomic E-state index is -0.424. The summed E-state index contributed by atoms with van der Waals surface area (Å²) in [6.07, 6.45) is 3.86. The Hall–Kier alpha value is -3.74. The van der Waals surface area contributed by atoms with Crippen LogP contribution in [-0.4, -0.2) is 23.6 Å². The van der Waals surface area contributed by atoms with Gasteiger partial charge in [0.15, 0.2) is 0 Å². The zero-order valence-corrected chi connectivity index (χ0v) is 19.8. The number of methoxy groups -OCH3 is 1. The van der Waals surface area contributed by atoms with Crippen molar-refractivity contribution >= 4 is 33.5 Å². The summed E-state index contributed by atoms with van der Waals surface area (Å²) in [6, 6.07) is 9.51. The second-order valence-corrected chi connectivity index (χ2v) is 9.44. The molecule has 7 nitrogen and oxygen atoms in total. The third-order valence-electron chi connectivity index (χ3n) is 6.60. The van der Waals surface area contributed by atoms with Crippen molar-refractivity contribution in [1.82, 2.24) is 4.98 Å². The quantitative estimate of drug-likeness (QED) is 0.396. The lowest BCUT2D eigenvalue weighted by molar-refractivity contribution is -0.116. The van der Waals surface area contributed by atoms with E-state index in [-0.39, 0.29) is 24.3 Å². The van der Waals surface area contributed by atoms with E-state index >= 15 is 0 Å². The monoisotopic (exact) mass is 460 g/mol. The van der Waals surface area contributed by atoms with Crippen LogP contribution in [0, 0.1) is 6.92 Å². The Labute approximate surface area is 197 Å². The molecule has 0 spiro atoms. The lowest BCUT2D eigenvalue weighted by Gasteiger charge is -2.33. The molecule has 1 amide bonds. The Kier molecular flexibility index (Phi) is 5.35. The molecule has 4 aromatic rings. The molecule has 0 atom stereocenters. The van der Waals surface area contributed by atoms with Crippen molar-refractivity contribution in [3.05, 3.63) is 63.6 Å². The zero-order valence-electron chi connectivity index (χ0n) is 19.8. The molecule has 1 aliphatic rings. The van der Waals surface area contributed by atoms with E-state index in [4.69, 9.17) is 13.9 Å². The van der Waals surface area contributed by atoms with Gasteiger partial charge in [-0.25, -0.2) is 4.79 Å². The molecule has 2 N–H and O–H groups in total. The van der Waals surface area contributed by atoms with Crippen molar-refractivity contribution in [2.75, 3.05) is 12.4 Å². The lowest BCUT2D eigenvalue weighted by atomic mass is 9.91. The van der Waals surface area contributed by atoms with Crippen molar-refractivity contribution in [2.45, 2.75) is 52.1 Å². The van der Waals surface area contributed by atoms with Gasteiger partial charge in [0.2, 0.25) is 5.91 Å². The highest BCUT2D eigenvalue weighted by molar-refractivity contribution is 5.94. The number of benzene rings is 2. The molecule has 34 heavy (non-hydrogen) atoms. The molecule has 2 aromatic heterocycles. The van der Waals surface area contributed by atoms with Gasteiger partial charge in [-0.1, -0.05) is 0 Å². The Morgan fingerprint density at radius 3 is 2.85 bits per heavy atom. The van der Waals surface area contributed by atoms with Crippen LogP contribution < -0.4 is 20.4 Å². The van der Waals surface area contributed by atoms with Crippen LogP contribution in [0.25, 0.3) is 21.9 Å². The summed E-state index contributed by atoms with van der Waals surface area (Å²) < 4.78 is 17.6. The molecule has 0 radical (unpaired) electrons. The molecule has 3 heterocycles. The number of aromatic nitrogens is 1. The van der Waals surface area contributed by atoms with Gasteiger partial charge in [0.25, 0.3) is 0 Å². The number of rotatable bonds is 5. The van der Waals surface area contributed by atoms with E-state index < -0.39 is 5.63 Å². The molecular formula is C27H28N2O5. The Balaban J connectivity index is 1.43. The lowest BCUT2D eigenvalue weighted by Crippen LogP contribution is -2.32. The smallest absolute Gasteiger partial charge is 0.339 e. The first kappa shape index (κ1) is 22.1. The van der Waals surface area contributed by atoms with Crippen molar-refractivity contribution in [2.24, 2.45) is 0 Å². The van der Waals surface area contributed by atoms with Crippen molar-refractivity contribution in [3.8, 4) is 11.5 Å². The van der Waals surface area contributed by atoms with Crippen molar-refractivity contribution < 1.29 is 18.7 Å². The maximum absolute atomic E-state index is 13.0. The van der Waals surface area contributed by atoms with Gasteiger partial charge in [0.05, 0.1) is 12.5 Å². The van der Waals surface area contributed by atoms with Crippen LogP contribution in [0.1, 0.15) is 43.4 Å². The normalized spacial score (nSPS) is 14.6. The fourth-order valence-electron chi connectivity index (χ4n) is 4.73. The number of nitrogens with one attached hydrogen (secondary N) is 2. The van der Waals surface area contributed by atoms with Crippen LogP contribution in [0.2, 0.25) is 0 Å². The molecular weight excluding hydrogens is 432 g/mol. The third-order valence-corrected chi connectivity index (χ3v) is 6.60. The standard InChI is InChI=1S/C27H28N2O5/c1-15-18(6-8-23(30)29-17-5-7-20-16(13-17)10-12-28-20)26(31)33-25-19-9-11-27(2,3)34-21(19)14-22(32-4)24(15)25/h5,7,10,12-14,28H,6,8-9,11H2,1-4H3,(H,29,30). The average Bonchev–Trinajstić information content (AvgIpc) is 3.25. The predicted molar refractivity (Wildman–Crippen MR) is 132 cm³/mol. The number of ether oxygens (including phenoxy) is 2. The SMILES string of the molecule is COc1cc2c(c3oc(=O)c(CCC(=O)Nc4ccc5[nH]ccc5c4)c(C)c13)CCC(C)(C)O2. The number of amides is 1. The van der Waals surface area contributed by atoms with Crippen LogP contribution >= 0.6 is 0 Å². The predicted octanol–water partition coefficient (Wildman–Crippen LogP) is 5.27. The van der Waals surface area contributed by atoms with Crippen LogP contribution in [0.5, 0.6) is 11.5 Å². The van der Waals surface area contributed by atoms with Gasteiger partial charge in [-0.15, -0.1) is 0 Å². The second-order valence-electron chi connectivity index (χ2n) is 9.44. The van der Waals surface area contributed by atoms with E-state index in [1.54, 1.807) is 7.11 Å². The fraction of sp³-hybridized carbons (Fsp3) is 0.333. The van der Waals surface area contributed by atoms with Crippen LogP contribution in [0.4, 0.5) is 5.69 Å². The first-order valence-corrected chi connectivity index (χ1v) is 11.5. The van der Waals surface area contributed by atoms with Crippen molar-refractivity contribution in [3.63, 3.8) is 0 Å². The molecule has 5 rings (SSSR count). The van der Waals surface area contributed by atoms with Gasteiger partial charge in [-0.3, -0.25) is 4.79 Å². The summed E-state index contributed by atoms with van der Waals surface area (Å²) in [5.41, 5.74) is 3.67. The molecule has 2 aromatic carbocycles. The zero-order chi connectivity index (χ0) is 24.0. The van der Waals surface area contributed by atoms with Gasteiger partial charge in [-0.2, -0.15) is 0 Å². The summed E-state index contributed by atoms with van der Waals surface area (Å²) in [7, 11) is 1.59. The fourth-order valence-corrected chi connectivity index (χ4v) is 4.73. The molecule has 0 bridgehead atoms. The number of fused-ring (bicyclic) bond motifs is 4. The summed E-state index contributed by atoms with van der Waals surface area (Å²) in [6.45, 7) is 5.96. The maximum atomic E-state index is 13.0. The van der Waals surface area contributed by atoms with E-state index in [2.05, 4.69) is 10.3 Å². The number of carbonyl (C=O) groups excluding carboxylic acids is 1. The highest BCUT2D eigenvalue weighted by atomic mass is 16.5. The molecule has 176 valence electrons. The van der Waals surface area contributed by atoms with Gasteiger partial charge in [0.1, 0.15) is 22.7 Å². The van der Waals surface area contributed by atoms with Gasteiger partial charge in [0, 0.05) is 46.4 Å². The molecule has 0 aliphatic carbocycles. The number of hydrogen-bond donors (Lipinski definition) is 2. The number of hydrogen-bond acceptors (Lipinski definition) is 5. The third kappa shape index (κ3) is 3.91. The average molecular weight is 461 g/mol. The minimum absolute atomic E-state index is 0.160. The van der Waals surface area contributed by atoms with E-state index in [0.29, 0.717) is 22.6 Å². The van der Waals surface area contributed by atoms with Crippen LogP contribution in [-0.2, 0) is 17.6 Å². The number of aryl methyl sites for hydroxylation is 2. The first-order chi connectivity index (χ1) is 16.3. The Bertz CT molecular complexity index is 1480. The molecule has 1 aliphatic heterocycles. The topological polar surface area (TPSA) is 93.6 Å². The molecule has 0 unspecified atom stereocenters. The van der Waals surface area contributed by atoms with E-state index in [1.165, 1.54) is 0 Å². The summed E-state index contributed by atoms with van der Waals surface area (Å²) in [4.78, 5) is 28.7. The maximum Gasteiger partial charge on any atom is 0.339 e. The van der Waals surface area contributed by atoms with E-state index in [9.17, 15) is 9.59 Å². The summed E-state index contributed by atoms with van der Waals surface area (Å²) in [5, 5.41) is 4.70. The number of H-pyrrole nitrogens is 1. The van der Waals surface area contributed by atoms with E-state index in [0.717, 1.165) is 45.9 Å². The van der Waals surface area contributed by atoms with Gasteiger partial charge >= 0.3 is 5.63 Å². The van der Waals surface area contributed by atoms with Crippen molar-refractivity contribution in [1.29, 1.82) is 0 Å². The van der Waals surface area contributed by atoms with E-state index in [1.807, 2.05) is 57.3 Å². The number of carbonyl (C=O) groups is 1. The second kappa shape index (κ2) is 8.24. The Morgan fingerprint density at radius 2 is 2.06 bits per heavy atom. The molecule has 0 saturated carbocycles. The van der Waals surface area contributed by atoms with Gasteiger partial charge < -0.3 is 24.2 Å². The summed E-state index contributed by atoms with van der Waals surface area (Å²) >= 11 is 0. The minimum Gasteiger partial charge on any atom is -0.496 e. The first-order valence-electron chi connectivity index (χ1n) is 11.5. The van der Waals surface area contributed by atoms with Crippen LogP contribution in [0.15, 0.2) is 45.7 Å². The summed E-state index contributed by atoms with van der Waals surface area (Å²) in [5.74, 6) is 1.12. The largest absolute Gasteiger partial charge is 0.496 e. The molecule has 0 saturated heterocycles. The Morgan fingerprint density at radius 1 is 1.24 bits per heavy atom. The number of aromatic amines is 1.